The highest BCUT2D eigenvalue weighted by Crippen LogP contribution is 2.35. The van der Waals surface area contributed by atoms with Crippen LogP contribution >= 0.6 is 11.9 Å². The zero-order chi connectivity index (χ0) is 20.6. The summed E-state index contributed by atoms with van der Waals surface area (Å²) in [6.45, 7) is 5.25. The fourth-order valence-corrected chi connectivity index (χ4v) is 3.30. The van der Waals surface area contributed by atoms with Crippen LogP contribution in [0.4, 0.5) is 18.9 Å². The van der Waals surface area contributed by atoms with Gasteiger partial charge in [0.1, 0.15) is 5.03 Å². The molecule has 11 heteroatoms. The fraction of sp³-hybridized carbons (Fsp3) is 0.294. The van der Waals surface area contributed by atoms with Crippen LogP contribution in [0.25, 0.3) is 11.3 Å². The lowest BCUT2D eigenvalue weighted by atomic mass is 10.0. The Kier molecular flexibility index (Phi) is 5.31. The minimum absolute atomic E-state index is 0.184. The van der Waals surface area contributed by atoms with Crippen LogP contribution in [0, 0.1) is 0 Å². The van der Waals surface area contributed by atoms with Gasteiger partial charge >= 0.3 is 6.18 Å². The maximum atomic E-state index is 13.1. The molecule has 1 amide bonds. The zero-order valence-corrected chi connectivity index (χ0v) is 16.1. The molecule has 0 aliphatic carbocycles. The second-order valence-corrected chi connectivity index (χ2v) is 7.31. The van der Waals surface area contributed by atoms with E-state index in [0.29, 0.717) is 16.2 Å². The third-order valence-electron chi connectivity index (χ3n) is 4.06. The largest absolute Gasteiger partial charge is 0.435 e. The van der Waals surface area contributed by atoms with Crippen molar-refractivity contribution < 1.29 is 18.0 Å². The van der Waals surface area contributed by atoms with Crippen LogP contribution in [0.1, 0.15) is 42.9 Å². The van der Waals surface area contributed by atoms with Crippen molar-refractivity contribution in [1.29, 1.82) is 0 Å². The number of rotatable bonds is 4. The Labute approximate surface area is 163 Å². The van der Waals surface area contributed by atoms with Crippen molar-refractivity contribution in [3.8, 4) is 11.3 Å². The Morgan fingerprint density at radius 3 is 2.57 bits per heavy atom. The smallest absolute Gasteiger partial charge is 0.398 e. The molecule has 1 aliphatic rings. The number of carbonyl (C=O) groups is 1. The number of allylic oxidation sites excluding steroid dienone is 1. The van der Waals surface area contributed by atoms with Crippen molar-refractivity contribution in [2.45, 2.75) is 33.0 Å². The molecule has 1 aromatic heterocycles. The van der Waals surface area contributed by atoms with Crippen LogP contribution in [0.3, 0.4) is 0 Å². The van der Waals surface area contributed by atoms with Gasteiger partial charge in [-0.15, -0.1) is 0 Å². The highest BCUT2D eigenvalue weighted by molar-refractivity contribution is 8.01. The van der Waals surface area contributed by atoms with E-state index >= 15 is 0 Å². The summed E-state index contributed by atoms with van der Waals surface area (Å²) in [7, 11) is 0. The number of benzene rings is 1. The van der Waals surface area contributed by atoms with Crippen LogP contribution in [-0.2, 0) is 6.18 Å². The predicted molar refractivity (Wildman–Crippen MR) is 101 cm³/mol. The van der Waals surface area contributed by atoms with E-state index < -0.39 is 11.9 Å². The van der Waals surface area contributed by atoms with Crippen molar-refractivity contribution >= 4 is 23.5 Å². The first kappa shape index (κ1) is 20.1. The van der Waals surface area contributed by atoms with Crippen LogP contribution in [0.15, 0.2) is 35.0 Å². The zero-order valence-electron chi connectivity index (χ0n) is 15.3. The van der Waals surface area contributed by atoms with Gasteiger partial charge in [-0.25, -0.2) is 0 Å². The van der Waals surface area contributed by atoms with Gasteiger partial charge in [-0.05, 0) is 57.0 Å². The number of carbonyl (C=O) groups excluding carboxylic acids is 1. The van der Waals surface area contributed by atoms with Gasteiger partial charge in [-0.3, -0.25) is 9.48 Å². The van der Waals surface area contributed by atoms with Crippen LogP contribution in [-0.4, -0.2) is 15.7 Å². The third kappa shape index (κ3) is 3.94. The second kappa shape index (κ2) is 7.40. The first-order valence-corrected chi connectivity index (χ1v) is 9.16. The number of anilines is 1. The number of hydrogen-bond acceptors (Lipinski definition) is 6. The molecule has 7 nitrogen and oxygen atoms in total. The van der Waals surface area contributed by atoms with E-state index in [-0.39, 0.29) is 23.3 Å². The van der Waals surface area contributed by atoms with Crippen molar-refractivity contribution in [1.82, 2.24) is 25.4 Å². The minimum Gasteiger partial charge on any atom is -0.398 e. The summed E-state index contributed by atoms with van der Waals surface area (Å²) in [6.07, 6.45) is -4.56. The van der Waals surface area contributed by atoms with E-state index in [1.54, 1.807) is 20.8 Å². The molecule has 1 aliphatic heterocycles. The Balaban J connectivity index is 1.94. The van der Waals surface area contributed by atoms with E-state index in [9.17, 15) is 18.0 Å². The number of nitrogens with one attached hydrogen (secondary N) is 3. The molecule has 5 N–H and O–H groups in total. The highest BCUT2D eigenvalue weighted by atomic mass is 32.2. The van der Waals surface area contributed by atoms with Gasteiger partial charge < -0.3 is 16.5 Å². The summed E-state index contributed by atoms with van der Waals surface area (Å²) in [5.41, 5.74) is 9.79. The van der Waals surface area contributed by atoms with Gasteiger partial charge in [0.25, 0.3) is 5.91 Å². The van der Waals surface area contributed by atoms with Crippen molar-refractivity contribution in [2.75, 3.05) is 5.73 Å². The number of nitrogens with zero attached hydrogens (tertiary/aromatic N) is 2. The summed E-state index contributed by atoms with van der Waals surface area (Å²) >= 11 is 1.23. The SMILES string of the molecule is CC1=C(NC(=O)c2ccc(-c3cc(C(F)(F)F)nn3C(C)C)c(N)c2)SNN1. The average molecular weight is 412 g/mol. The molecule has 0 unspecified atom stereocenters. The molecule has 1 aromatic carbocycles. The number of aromatic nitrogens is 2. The summed E-state index contributed by atoms with van der Waals surface area (Å²) in [4.78, 5) is 15.2. The molecular formula is C17H19F3N6OS. The number of hydrazine groups is 1. The van der Waals surface area contributed by atoms with Crippen molar-refractivity contribution in [3.05, 3.63) is 46.2 Å². The second-order valence-electron chi connectivity index (χ2n) is 6.49. The normalized spacial score (nSPS) is 14.5. The van der Waals surface area contributed by atoms with Crippen LogP contribution < -0.4 is 21.3 Å². The van der Waals surface area contributed by atoms with Gasteiger partial charge in [0.05, 0.1) is 11.4 Å². The fourth-order valence-electron chi connectivity index (χ4n) is 2.65. The molecule has 0 fully saturated rings. The predicted octanol–water partition coefficient (Wildman–Crippen LogP) is 3.41. The summed E-state index contributed by atoms with van der Waals surface area (Å²) in [5, 5.41) is 7.03. The Morgan fingerprint density at radius 1 is 1.32 bits per heavy atom. The van der Waals surface area contributed by atoms with E-state index in [1.807, 2.05) is 0 Å². The number of alkyl halides is 3. The van der Waals surface area contributed by atoms with Crippen molar-refractivity contribution in [2.24, 2.45) is 0 Å². The lowest BCUT2D eigenvalue weighted by Crippen LogP contribution is -2.22. The number of amides is 1. The Bertz CT molecular complexity index is 951. The lowest BCUT2D eigenvalue weighted by Gasteiger charge is -2.13. The summed E-state index contributed by atoms with van der Waals surface area (Å²) < 4.78 is 40.5. The molecule has 0 bridgehead atoms. The lowest BCUT2D eigenvalue weighted by molar-refractivity contribution is -0.141. The molecule has 2 aromatic rings. The van der Waals surface area contributed by atoms with E-state index in [0.717, 1.165) is 11.8 Å². The van der Waals surface area contributed by atoms with Crippen LogP contribution in [0.5, 0.6) is 0 Å². The first-order valence-electron chi connectivity index (χ1n) is 8.34. The van der Waals surface area contributed by atoms with Crippen LogP contribution in [0.2, 0.25) is 0 Å². The molecule has 0 saturated carbocycles. The topological polar surface area (TPSA) is 97.0 Å². The molecule has 0 spiro atoms. The quantitative estimate of drug-likeness (QED) is 0.454. The molecule has 28 heavy (non-hydrogen) atoms. The standard InChI is InChI=1S/C17H19F3N6OS/c1-8(2)26-13(7-14(24-26)17(18,19)20)11-5-4-10(6-12(11)21)15(27)22-16-9(3)23-25-28-16/h4-8,23,25H,21H2,1-3H3,(H,22,27). The van der Waals surface area contributed by atoms with Gasteiger partial charge in [0, 0.05) is 22.9 Å². The maximum absolute atomic E-state index is 13.1. The Morgan fingerprint density at radius 2 is 2.04 bits per heavy atom. The number of halogens is 3. The molecule has 0 atom stereocenters. The molecule has 150 valence electrons. The molecule has 0 saturated heterocycles. The van der Waals surface area contributed by atoms with Crippen molar-refractivity contribution in [3.63, 3.8) is 0 Å². The molecule has 3 rings (SSSR count). The number of hydrogen-bond donors (Lipinski definition) is 4. The summed E-state index contributed by atoms with van der Waals surface area (Å²) in [5.74, 6) is -0.376. The van der Waals surface area contributed by atoms with Gasteiger partial charge in [0.15, 0.2) is 5.69 Å². The van der Waals surface area contributed by atoms with E-state index in [4.69, 9.17) is 5.73 Å². The van der Waals surface area contributed by atoms with Gasteiger partial charge in [-0.2, -0.15) is 23.1 Å². The first-order chi connectivity index (χ1) is 13.1. The van der Waals surface area contributed by atoms with Gasteiger partial charge in [0.2, 0.25) is 0 Å². The molecule has 2 heterocycles. The Hall–Kier alpha value is -2.66. The van der Waals surface area contributed by atoms with E-state index in [2.05, 4.69) is 20.7 Å². The number of nitrogens with two attached hydrogens (primary N) is 1. The van der Waals surface area contributed by atoms with E-state index in [1.165, 1.54) is 34.8 Å². The maximum Gasteiger partial charge on any atom is 0.435 e. The molecular weight excluding hydrogens is 393 g/mol. The average Bonchev–Trinajstić information content (AvgIpc) is 3.21. The number of nitrogen functional groups attached to an aromatic ring is 1. The molecule has 0 radical (unpaired) electrons. The summed E-state index contributed by atoms with van der Waals surface area (Å²) in [6, 6.07) is 5.14. The monoisotopic (exact) mass is 412 g/mol. The highest BCUT2D eigenvalue weighted by Gasteiger charge is 2.35. The minimum atomic E-state index is -4.56. The third-order valence-corrected chi connectivity index (χ3v) is 4.88. The van der Waals surface area contributed by atoms with Gasteiger partial charge in [-0.1, -0.05) is 0 Å².